The van der Waals surface area contributed by atoms with Crippen LogP contribution in [0.15, 0.2) is 27.8 Å². The zero-order valence-corrected chi connectivity index (χ0v) is 5.84. The Bertz CT molecular complexity index is 321. The molecule has 2 heterocycles. The third-order valence-corrected chi connectivity index (χ3v) is 2.33. The molecule has 0 fully saturated rings. The van der Waals surface area contributed by atoms with Gasteiger partial charge in [-0.1, -0.05) is 0 Å². The van der Waals surface area contributed by atoms with Crippen LogP contribution in [0.5, 0.6) is 0 Å². The summed E-state index contributed by atoms with van der Waals surface area (Å²) in [6.45, 7) is 0. The van der Waals surface area contributed by atoms with E-state index in [2.05, 4.69) is 9.38 Å². The van der Waals surface area contributed by atoms with Gasteiger partial charge < -0.3 is 0 Å². The van der Waals surface area contributed by atoms with Crippen LogP contribution in [0.3, 0.4) is 0 Å². The zero-order valence-electron chi connectivity index (χ0n) is 5.02. The second-order valence-corrected chi connectivity index (χ2v) is 3.05. The molecule has 0 saturated carbocycles. The van der Waals surface area contributed by atoms with Gasteiger partial charge in [0.05, 0.1) is 4.90 Å². The van der Waals surface area contributed by atoms with Crippen molar-refractivity contribution in [2.75, 3.05) is 0 Å². The van der Waals surface area contributed by atoms with E-state index in [4.69, 9.17) is 0 Å². The predicted octanol–water partition coefficient (Wildman–Crippen LogP) is 0.537. The van der Waals surface area contributed by atoms with Crippen LogP contribution in [0.2, 0.25) is 0 Å². The van der Waals surface area contributed by atoms with Gasteiger partial charge in [0.2, 0.25) is 0 Å². The van der Waals surface area contributed by atoms with E-state index in [1.54, 1.807) is 24.7 Å². The Hall–Kier alpha value is -1.03. The first-order chi connectivity index (χ1) is 4.88. The van der Waals surface area contributed by atoms with E-state index in [9.17, 15) is 4.21 Å². The van der Waals surface area contributed by atoms with Crippen molar-refractivity contribution in [2.24, 2.45) is 4.40 Å². The Balaban J connectivity index is 2.70. The normalized spacial score (nSPS) is 21.0. The van der Waals surface area contributed by atoms with E-state index in [0.29, 0.717) is 0 Å². The molecule has 1 aliphatic rings. The molecule has 1 aromatic rings. The van der Waals surface area contributed by atoms with E-state index < -0.39 is 11.0 Å². The summed E-state index contributed by atoms with van der Waals surface area (Å²) in [6, 6.07) is 1.72. The van der Waals surface area contributed by atoms with E-state index in [1.807, 2.05) is 0 Å². The molecule has 0 radical (unpaired) electrons. The predicted molar refractivity (Wildman–Crippen MR) is 38.2 cm³/mol. The molecule has 2 rings (SSSR count). The fraction of sp³-hybridized carbons (Fsp3) is 0. The van der Waals surface area contributed by atoms with Crippen molar-refractivity contribution in [3.63, 3.8) is 0 Å². The van der Waals surface area contributed by atoms with Gasteiger partial charge in [0.15, 0.2) is 11.0 Å². The van der Waals surface area contributed by atoms with Gasteiger partial charge in [0, 0.05) is 24.2 Å². The van der Waals surface area contributed by atoms with E-state index in [-0.39, 0.29) is 0 Å². The maximum Gasteiger partial charge on any atom is 0.173 e. The van der Waals surface area contributed by atoms with Crippen LogP contribution in [0.4, 0.5) is 0 Å². The fourth-order valence-electron chi connectivity index (χ4n) is 0.811. The molecule has 0 aliphatic carbocycles. The third kappa shape index (κ3) is 0.690. The van der Waals surface area contributed by atoms with Gasteiger partial charge in [-0.05, 0) is 6.07 Å². The maximum atomic E-state index is 11.0. The highest BCUT2D eigenvalue weighted by Gasteiger charge is 2.11. The molecule has 10 heavy (non-hydrogen) atoms. The van der Waals surface area contributed by atoms with Crippen LogP contribution in [0.1, 0.15) is 5.56 Å². The number of aromatic nitrogens is 1. The van der Waals surface area contributed by atoms with E-state index in [1.165, 1.54) is 0 Å². The van der Waals surface area contributed by atoms with Crippen LogP contribution in [0, 0.1) is 0 Å². The SMILES string of the molecule is O=S1N=Cc2cnccc21. The molecular weight excluding hydrogens is 148 g/mol. The number of pyridine rings is 1. The minimum absolute atomic E-state index is 0.759. The molecule has 50 valence electrons. The average Bonchev–Trinajstić information content (AvgIpc) is 2.34. The monoisotopic (exact) mass is 152 g/mol. The largest absolute Gasteiger partial charge is 0.264 e. The molecule has 0 saturated heterocycles. The molecule has 0 spiro atoms. The summed E-state index contributed by atoms with van der Waals surface area (Å²) < 4.78 is 14.7. The summed E-state index contributed by atoms with van der Waals surface area (Å²) in [5, 5.41) is 0. The molecular formula is C6H4N2OS. The van der Waals surface area contributed by atoms with Gasteiger partial charge in [-0.3, -0.25) is 4.98 Å². The first-order valence-electron chi connectivity index (χ1n) is 2.78. The highest BCUT2D eigenvalue weighted by Crippen LogP contribution is 2.16. The molecule has 4 heteroatoms. The van der Waals surface area contributed by atoms with Crippen molar-refractivity contribution in [3.05, 3.63) is 24.0 Å². The van der Waals surface area contributed by atoms with Gasteiger partial charge in [-0.15, -0.1) is 0 Å². The first-order valence-corrected chi connectivity index (χ1v) is 3.88. The molecule has 0 N–H and O–H groups in total. The molecule has 1 aliphatic heterocycles. The second-order valence-electron chi connectivity index (χ2n) is 1.90. The number of rotatable bonds is 0. The van der Waals surface area contributed by atoms with Gasteiger partial charge >= 0.3 is 0 Å². The van der Waals surface area contributed by atoms with Gasteiger partial charge in [-0.25, -0.2) is 4.21 Å². The number of hydrogen-bond acceptors (Lipinski definition) is 2. The molecule has 3 nitrogen and oxygen atoms in total. The lowest BCUT2D eigenvalue weighted by molar-refractivity contribution is 0.685. The molecule has 1 aromatic heterocycles. The Kier molecular flexibility index (Phi) is 1.14. The summed E-state index contributed by atoms with van der Waals surface area (Å²) >= 11 is 0. The van der Waals surface area contributed by atoms with Crippen molar-refractivity contribution >= 4 is 17.2 Å². The van der Waals surface area contributed by atoms with Crippen molar-refractivity contribution in [2.45, 2.75) is 4.90 Å². The Morgan fingerprint density at radius 3 is 3.20 bits per heavy atom. The van der Waals surface area contributed by atoms with Crippen LogP contribution < -0.4 is 0 Å². The van der Waals surface area contributed by atoms with Crippen LogP contribution >= 0.6 is 0 Å². The minimum Gasteiger partial charge on any atom is -0.264 e. The highest BCUT2D eigenvalue weighted by molar-refractivity contribution is 7.84. The van der Waals surface area contributed by atoms with Crippen molar-refractivity contribution in [1.82, 2.24) is 4.98 Å². The Labute approximate surface area is 60.4 Å². The lowest BCUT2D eigenvalue weighted by Crippen LogP contribution is -1.85. The number of nitrogens with zero attached hydrogens (tertiary/aromatic N) is 2. The van der Waals surface area contributed by atoms with Crippen molar-refractivity contribution < 1.29 is 4.21 Å². The lowest BCUT2D eigenvalue weighted by Gasteiger charge is -1.89. The third-order valence-electron chi connectivity index (χ3n) is 1.29. The molecule has 0 bridgehead atoms. The summed E-state index contributed by atoms with van der Waals surface area (Å²) in [4.78, 5) is 4.62. The topological polar surface area (TPSA) is 42.3 Å². The quantitative estimate of drug-likeness (QED) is 0.544. The average molecular weight is 152 g/mol. The van der Waals surface area contributed by atoms with E-state index >= 15 is 0 Å². The smallest absolute Gasteiger partial charge is 0.173 e. The lowest BCUT2D eigenvalue weighted by atomic mass is 10.3. The summed E-state index contributed by atoms with van der Waals surface area (Å²) in [5.74, 6) is 0. The summed E-state index contributed by atoms with van der Waals surface area (Å²) in [6.07, 6.45) is 4.85. The summed E-state index contributed by atoms with van der Waals surface area (Å²) in [5.41, 5.74) is 0.862. The van der Waals surface area contributed by atoms with Crippen LogP contribution in [-0.2, 0) is 11.0 Å². The standard InChI is InChI=1S/C6H4N2OS/c9-10-6-1-2-7-3-5(6)4-8-10/h1-4H. The Morgan fingerprint density at radius 1 is 1.50 bits per heavy atom. The zero-order chi connectivity index (χ0) is 6.97. The molecule has 1 atom stereocenters. The first kappa shape index (κ1) is 5.73. The highest BCUT2D eigenvalue weighted by atomic mass is 32.2. The number of fused-ring (bicyclic) bond motifs is 1. The van der Waals surface area contributed by atoms with Crippen molar-refractivity contribution in [3.8, 4) is 0 Å². The Morgan fingerprint density at radius 2 is 2.40 bits per heavy atom. The summed E-state index contributed by atoms with van der Waals surface area (Å²) in [7, 11) is -1.17. The number of hydrogen-bond donors (Lipinski definition) is 0. The maximum absolute atomic E-state index is 11.0. The van der Waals surface area contributed by atoms with Gasteiger partial charge in [0.1, 0.15) is 0 Å². The van der Waals surface area contributed by atoms with Crippen LogP contribution in [-0.4, -0.2) is 15.4 Å². The molecule has 1 unspecified atom stereocenters. The van der Waals surface area contributed by atoms with Crippen LogP contribution in [0.25, 0.3) is 0 Å². The fourth-order valence-corrected chi connectivity index (χ4v) is 1.62. The minimum atomic E-state index is -1.17. The molecule has 0 amide bonds. The van der Waals surface area contributed by atoms with Gasteiger partial charge in [-0.2, -0.15) is 4.40 Å². The second kappa shape index (κ2) is 1.98. The van der Waals surface area contributed by atoms with E-state index in [0.717, 1.165) is 10.5 Å². The van der Waals surface area contributed by atoms with Gasteiger partial charge in [0.25, 0.3) is 0 Å². The van der Waals surface area contributed by atoms with Crippen molar-refractivity contribution in [1.29, 1.82) is 0 Å². The molecule has 0 aromatic carbocycles.